The third kappa shape index (κ3) is 9.28. The van der Waals surface area contributed by atoms with E-state index in [9.17, 15) is 22.8 Å². The average Bonchev–Trinajstić information content (AvgIpc) is 4.04. The van der Waals surface area contributed by atoms with Gasteiger partial charge in [0.1, 0.15) is 23.3 Å². The van der Waals surface area contributed by atoms with Gasteiger partial charge in [0.25, 0.3) is 23.6 Å². The summed E-state index contributed by atoms with van der Waals surface area (Å²) in [6, 6.07) is 11.6. The topological polar surface area (TPSA) is 179 Å². The van der Waals surface area contributed by atoms with Crippen LogP contribution in [0.3, 0.4) is 0 Å². The maximum atomic E-state index is 15.1. The van der Waals surface area contributed by atoms with Crippen molar-refractivity contribution < 1.29 is 36.8 Å². The van der Waals surface area contributed by atoms with Crippen molar-refractivity contribution in [3.8, 4) is 11.8 Å². The van der Waals surface area contributed by atoms with Gasteiger partial charge in [-0.3, -0.25) is 19.6 Å². The zero-order valence-electron chi connectivity index (χ0n) is 32.2. The van der Waals surface area contributed by atoms with Crippen LogP contribution in [0.15, 0.2) is 102 Å². The van der Waals surface area contributed by atoms with Gasteiger partial charge in [0.05, 0.1) is 34.9 Å². The van der Waals surface area contributed by atoms with Crippen LogP contribution < -0.4 is 20.3 Å². The van der Waals surface area contributed by atoms with Crippen molar-refractivity contribution in [3.05, 3.63) is 154 Å². The van der Waals surface area contributed by atoms with Gasteiger partial charge in [0.15, 0.2) is 11.6 Å². The maximum absolute atomic E-state index is 15.1. The number of rotatable bonds is 14. The molecule has 0 saturated heterocycles. The Labute approximate surface area is 339 Å². The Morgan fingerprint density at radius 3 is 1.88 bits per heavy atom. The molecule has 14 nitrogen and oxygen atoms in total. The molecule has 1 saturated carbocycles. The lowest BCUT2D eigenvalue weighted by molar-refractivity contribution is 0.101. The van der Waals surface area contributed by atoms with Crippen LogP contribution in [0.5, 0.6) is 11.8 Å². The summed E-state index contributed by atoms with van der Waals surface area (Å²) in [5.74, 6) is -4.93. The summed E-state index contributed by atoms with van der Waals surface area (Å²) in [7, 11) is 0. The van der Waals surface area contributed by atoms with Crippen molar-refractivity contribution in [1.82, 2.24) is 29.9 Å². The predicted molar refractivity (Wildman–Crippen MR) is 211 cm³/mol. The van der Waals surface area contributed by atoms with Gasteiger partial charge in [-0.1, -0.05) is 23.7 Å². The fourth-order valence-electron chi connectivity index (χ4n) is 6.06. The molecule has 6 heterocycles. The van der Waals surface area contributed by atoms with Gasteiger partial charge in [-0.2, -0.15) is 0 Å². The van der Waals surface area contributed by atoms with Crippen molar-refractivity contribution in [2.24, 2.45) is 16.2 Å². The Kier molecular flexibility index (Phi) is 12.2. The van der Waals surface area contributed by atoms with Crippen LogP contribution in [0.4, 0.5) is 29.2 Å². The monoisotopic (exact) mass is 818 g/mol. The summed E-state index contributed by atoms with van der Waals surface area (Å²) in [5, 5.41) is 13.7. The Balaban J connectivity index is 1.08. The molecule has 0 radical (unpaired) electrons. The number of aromatic nitrogens is 6. The number of anilines is 2. The summed E-state index contributed by atoms with van der Waals surface area (Å²) in [6.07, 6.45) is 10.4. The second kappa shape index (κ2) is 18.0. The van der Waals surface area contributed by atoms with Crippen LogP contribution in [-0.2, 0) is 0 Å². The number of hydrogen-bond donors (Lipinski definition) is 2. The molecule has 2 N–H and O–H groups in total. The number of pyridine rings is 6. The summed E-state index contributed by atoms with van der Waals surface area (Å²) in [5.41, 5.74) is 2.66. The van der Waals surface area contributed by atoms with Crippen LogP contribution in [0.1, 0.15) is 80.8 Å². The van der Waals surface area contributed by atoms with Crippen molar-refractivity contribution >= 4 is 34.9 Å². The number of amides is 2. The number of carbonyl (C=O) groups excluding carboxylic acids is 2. The van der Waals surface area contributed by atoms with E-state index in [0.29, 0.717) is 47.5 Å². The molecule has 2 unspecified atom stereocenters. The summed E-state index contributed by atoms with van der Waals surface area (Å²) in [4.78, 5) is 61.0. The van der Waals surface area contributed by atoms with Gasteiger partial charge >= 0.3 is 0 Å². The van der Waals surface area contributed by atoms with Gasteiger partial charge in [-0.25, -0.2) is 37.5 Å². The quantitative estimate of drug-likeness (QED) is 0.0624. The van der Waals surface area contributed by atoms with E-state index in [4.69, 9.17) is 9.68 Å². The third-order valence-corrected chi connectivity index (χ3v) is 9.48. The molecule has 2 amide bonds. The van der Waals surface area contributed by atoms with Crippen molar-refractivity contribution in [3.63, 3.8) is 0 Å². The highest BCUT2D eigenvalue weighted by atomic mass is 19.1. The number of carbonyl (C=O) groups is 2. The van der Waals surface area contributed by atoms with Crippen molar-refractivity contribution in [2.75, 3.05) is 10.6 Å². The van der Waals surface area contributed by atoms with Gasteiger partial charge in [-0.15, -0.1) is 0 Å². The molecular formula is C42H34F4N10O4. The molecule has 0 aliphatic heterocycles. The Bertz CT molecular complexity index is 2630. The number of nitrogens with one attached hydrogen (secondary N) is 2. The first-order valence-corrected chi connectivity index (χ1v) is 18.5. The smallest absolute Gasteiger partial charge is 0.284 e. The lowest BCUT2D eigenvalue weighted by atomic mass is 10.1. The van der Waals surface area contributed by atoms with Crippen LogP contribution in [0, 0.1) is 43.0 Å². The Morgan fingerprint density at radius 2 is 1.30 bits per heavy atom. The van der Waals surface area contributed by atoms with Gasteiger partial charge < -0.3 is 20.3 Å². The molecule has 0 aromatic carbocycles. The lowest BCUT2D eigenvalue weighted by Gasteiger charge is -2.10. The van der Waals surface area contributed by atoms with E-state index in [2.05, 4.69) is 50.8 Å². The van der Waals surface area contributed by atoms with Crippen molar-refractivity contribution in [2.45, 2.75) is 46.0 Å². The molecule has 1 fully saturated rings. The van der Waals surface area contributed by atoms with E-state index >= 15 is 4.39 Å². The molecule has 0 spiro atoms. The second-order valence-corrected chi connectivity index (χ2v) is 13.6. The molecule has 6 aromatic rings. The fraction of sp³-hybridized carbons (Fsp3) is 0.190. The molecule has 0 bridgehead atoms. The second-order valence-electron chi connectivity index (χ2n) is 13.6. The minimum Gasteiger partial charge on any atom is -0.333 e. The first-order valence-electron chi connectivity index (χ1n) is 18.5. The van der Waals surface area contributed by atoms with Gasteiger partial charge in [-0.05, 0) is 75.2 Å². The first kappa shape index (κ1) is 40.7. The zero-order chi connectivity index (χ0) is 42.3. The van der Waals surface area contributed by atoms with E-state index in [1.165, 1.54) is 75.2 Å². The lowest BCUT2D eigenvalue weighted by Crippen LogP contribution is -2.16. The molecule has 7 rings (SSSR count). The highest BCUT2D eigenvalue weighted by molar-refractivity contribution is 6.06. The van der Waals surface area contributed by atoms with Crippen LogP contribution in [0.25, 0.3) is 0 Å². The standard InChI is InChI=1S/C42H34F4N10O4/c1-4-6-34(24-8-12-36(50-16-24)53-39(57)28-18-47-20-32(45)22(28)2)55-60-42-31(44)10-11-35(52-42)26-15-27(26)38(56-59-41-30(43)7-5-14-49-41)25-9-13-37(51-17-25)54-40(58)29-19-48-21-33(46)23(29)3/h5,7-14,16-21,26-27H,4,6,15H2,1-3H3,(H,50,53,57)(H,51,54,58)/b55-34+,56-38+. The molecule has 2 atom stereocenters. The van der Waals surface area contributed by atoms with E-state index < -0.39 is 35.1 Å². The van der Waals surface area contributed by atoms with E-state index in [0.717, 1.165) is 12.4 Å². The zero-order valence-corrected chi connectivity index (χ0v) is 32.2. The summed E-state index contributed by atoms with van der Waals surface area (Å²) in [6.45, 7) is 4.86. The normalized spacial score (nSPS) is 15.0. The molecule has 6 aromatic heterocycles. The summed E-state index contributed by atoms with van der Waals surface area (Å²) < 4.78 is 57.5. The first-order chi connectivity index (χ1) is 29.0. The predicted octanol–water partition coefficient (Wildman–Crippen LogP) is 7.90. The highest BCUT2D eigenvalue weighted by Crippen LogP contribution is 2.49. The molecule has 1 aliphatic rings. The third-order valence-electron chi connectivity index (χ3n) is 9.48. The fourth-order valence-corrected chi connectivity index (χ4v) is 6.06. The molecular weight excluding hydrogens is 785 g/mol. The number of hydrogen-bond acceptors (Lipinski definition) is 12. The summed E-state index contributed by atoms with van der Waals surface area (Å²) >= 11 is 0. The average molecular weight is 819 g/mol. The maximum Gasteiger partial charge on any atom is 0.284 e. The minimum absolute atomic E-state index is 0.0445. The van der Waals surface area contributed by atoms with Crippen LogP contribution in [-0.4, -0.2) is 53.1 Å². The van der Waals surface area contributed by atoms with Crippen LogP contribution in [0.2, 0.25) is 0 Å². The Morgan fingerprint density at radius 1 is 0.700 bits per heavy atom. The van der Waals surface area contributed by atoms with Crippen molar-refractivity contribution in [1.29, 1.82) is 0 Å². The molecule has 1 aliphatic carbocycles. The largest absolute Gasteiger partial charge is 0.333 e. The number of nitrogens with zero attached hydrogens (tertiary/aromatic N) is 8. The van der Waals surface area contributed by atoms with Crippen LogP contribution >= 0.6 is 0 Å². The molecule has 60 heavy (non-hydrogen) atoms. The number of halogens is 4. The van der Waals surface area contributed by atoms with E-state index in [1.54, 1.807) is 18.2 Å². The Hall–Kier alpha value is -7.50. The molecule has 18 heteroatoms. The van der Waals surface area contributed by atoms with Gasteiger partial charge in [0, 0.05) is 70.8 Å². The molecule has 304 valence electrons. The van der Waals surface area contributed by atoms with E-state index in [1.807, 2.05) is 6.92 Å². The van der Waals surface area contributed by atoms with Gasteiger partial charge in [0.2, 0.25) is 0 Å². The minimum atomic E-state index is -0.761. The van der Waals surface area contributed by atoms with E-state index in [-0.39, 0.29) is 57.5 Å². The highest BCUT2D eigenvalue weighted by Gasteiger charge is 2.45. The SMILES string of the molecule is CCC/C(=N\Oc1nc(C2CC2/C(=N/Oc2ncccc2F)c2ccc(NC(=O)c3cncc(F)c3C)nc2)ccc1F)c1ccc(NC(=O)c2cncc(F)c2C)nc1. The number of oxime groups is 2.